The van der Waals surface area contributed by atoms with Gasteiger partial charge in [-0.1, -0.05) is 17.7 Å². The summed E-state index contributed by atoms with van der Waals surface area (Å²) in [6, 6.07) is 10.4. The van der Waals surface area contributed by atoms with Crippen LogP contribution in [0.4, 0.5) is 0 Å². The van der Waals surface area contributed by atoms with Gasteiger partial charge in [0.05, 0.1) is 16.6 Å². The highest BCUT2D eigenvalue weighted by atomic mass is 35.5. The highest BCUT2D eigenvalue weighted by Gasteiger charge is 2.10. The molecule has 3 aromatic rings. The molecule has 0 fully saturated rings. The van der Waals surface area contributed by atoms with E-state index in [4.69, 9.17) is 21.4 Å². The number of aromatic carboxylic acids is 1. The Labute approximate surface area is 125 Å². The third-order valence-electron chi connectivity index (χ3n) is 3.08. The number of benzene rings is 2. The first-order valence-electron chi connectivity index (χ1n) is 6.20. The molecule has 0 saturated heterocycles. The molecule has 0 amide bonds. The van der Waals surface area contributed by atoms with E-state index in [1.165, 1.54) is 6.07 Å². The van der Waals surface area contributed by atoms with E-state index in [2.05, 4.69) is 9.97 Å². The smallest absolute Gasteiger partial charge is 0.336 e. The average molecular weight is 303 g/mol. The molecule has 21 heavy (non-hydrogen) atoms. The van der Waals surface area contributed by atoms with Gasteiger partial charge in [0.15, 0.2) is 0 Å². The number of carboxylic acids is 1. The van der Waals surface area contributed by atoms with E-state index in [1.54, 1.807) is 37.3 Å². The zero-order valence-electron chi connectivity index (χ0n) is 11.1. The molecule has 0 bridgehead atoms. The Morgan fingerprint density at radius 1 is 1.29 bits per heavy atom. The molecule has 0 unspecified atom stereocenters. The lowest BCUT2D eigenvalue weighted by molar-refractivity contribution is 0.0695. The largest absolute Gasteiger partial charge is 0.478 e. The summed E-state index contributed by atoms with van der Waals surface area (Å²) in [5.74, 6) is -0.586. The Balaban J connectivity index is 1.94. The zero-order chi connectivity index (χ0) is 15.0. The second-order valence-corrected chi connectivity index (χ2v) is 5.02. The molecule has 0 radical (unpaired) electrons. The van der Waals surface area contributed by atoms with E-state index >= 15 is 0 Å². The van der Waals surface area contributed by atoms with Gasteiger partial charge in [-0.2, -0.15) is 4.98 Å². The minimum atomic E-state index is -0.991. The predicted octanol–water partition coefficient (Wildman–Crippen LogP) is 4.02. The fourth-order valence-corrected chi connectivity index (χ4v) is 2.19. The molecule has 0 spiro atoms. The van der Waals surface area contributed by atoms with Crippen molar-refractivity contribution in [1.29, 1.82) is 0 Å². The summed E-state index contributed by atoms with van der Waals surface area (Å²) >= 11 is 5.91. The van der Waals surface area contributed by atoms with Crippen LogP contribution in [0, 0.1) is 6.92 Å². The van der Waals surface area contributed by atoms with Gasteiger partial charge >= 0.3 is 5.97 Å². The number of nitrogens with one attached hydrogen (secondary N) is 1. The molecule has 0 saturated carbocycles. The van der Waals surface area contributed by atoms with Crippen molar-refractivity contribution in [2.45, 2.75) is 6.92 Å². The van der Waals surface area contributed by atoms with E-state index in [-0.39, 0.29) is 11.6 Å². The van der Waals surface area contributed by atoms with Crippen molar-refractivity contribution in [1.82, 2.24) is 9.97 Å². The second-order valence-electron chi connectivity index (χ2n) is 4.59. The van der Waals surface area contributed by atoms with Crippen LogP contribution in [-0.4, -0.2) is 21.0 Å². The molecule has 1 aromatic heterocycles. The van der Waals surface area contributed by atoms with Gasteiger partial charge in [-0.3, -0.25) is 0 Å². The van der Waals surface area contributed by atoms with Gasteiger partial charge in [0.1, 0.15) is 5.75 Å². The van der Waals surface area contributed by atoms with Crippen molar-refractivity contribution in [3.05, 3.63) is 52.5 Å². The van der Waals surface area contributed by atoms with Crippen LogP contribution in [0.2, 0.25) is 5.02 Å². The highest BCUT2D eigenvalue weighted by molar-refractivity contribution is 6.31. The van der Waals surface area contributed by atoms with Crippen molar-refractivity contribution in [2.24, 2.45) is 0 Å². The number of aromatic amines is 1. The Bertz CT molecular complexity index is 842. The summed E-state index contributed by atoms with van der Waals surface area (Å²) in [4.78, 5) is 18.4. The quantitative estimate of drug-likeness (QED) is 0.766. The zero-order valence-corrected chi connectivity index (χ0v) is 11.8. The number of fused-ring (bicyclic) bond motifs is 1. The van der Waals surface area contributed by atoms with Gasteiger partial charge in [0.2, 0.25) is 0 Å². The van der Waals surface area contributed by atoms with E-state index < -0.39 is 5.97 Å². The summed E-state index contributed by atoms with van der Waals surface area (Å²) in [5.41, 5.74) is 2.35. The van der Waals surface area contributed by atoms with Gasteiger partial charge < -0.3 is 14.8 Å². The Morgan fingerprint density at radius 3 is 2.86 bits per heavy atom. The summed E-state index contributed by atoms with van der Waals surface area (Å²) in [7, 11) is 0. The highest BCUT2D eigenvalue weighted by Crippen LogP contribution is 2.25. The SMILES string of the molecule is Cc1ccc(Oc2nc3ccc(Cl)cc3[nH]2)cc1C(=O)O. The lowest BCUT2D eigenvalue weighted by Gasteiger charge is -2.05. The molecule has 6 heteroatoms. The van der Waals surface area contributed by atoms with Gasteiger partial charge in [-0.25, -0.2) is 4.79 Å². The van der Waals surface area contributed by atoms with Crippen LogP contribution >= 0.6 is 11.6 Å². The topological polar surface area (TPSA) is 75.2 Å². The molecule has 106 valence electrons. The first-order valence-corrected chi connectivity index (χ1v) is 6.58. The van der Waals surface area contributed by atoms with Crippen LogP contribution < -0.4 is 4.74 Å². The molecule has 0 aliphatic heterocycles. The van der Waals surface area contributed by atoms with Crippen molar-refractivity contribution in [3.63, 3.8) is 0 Å². The number of aryl methyl sites for hydroxylation is 1. The number of nitrogens with zero attached hydrogens (tertiary/aromatic N) is 1. The van der Waals surface area contributed by atoms with E-state index in [9.17, 15) is 4.79 Å². The molecule has 0 atom stereocenters. The standard InChI is InChI=1S/C15H11ClN2O3/c1-8-2-4-10(7-11(8)14(19)20)21-15-17-12-5-3-9(16)6-13(12)18-15/h2-7H,1H3,(H,17,18)(H,19,20). The first-order chi connectivity index (χ1) is 10.0. The molecule has 0 aliphatic carbocycles. The minimum Gasteiger partial charge on any atom is -0.478 e. The Kier molecular flexibility index (Phi) is 3.27. The lowest BCUT2D eigenvalue weighted by Crippen LogP contribution is -2.00. The lowest BCUT2D eigenvalue weighted by atomic mass is 10.1. The Morgan fingerprint density at radius 2 is 2.10 bits per heavy atom. The Hall–Kier alpha value is -2.53. The van der Waals surface area contributed by atoms with Crippen molar-refractivity contribution in [3.8, 4) is 11.8 Å². The maximum Gasteiger partial charge on any atom is 0.336 e. The van der Waals surface area contributed by atoms with Gasteiger partial charge in [0, 0.05) is 5.02 Å². The number of carboxylic acid groups (broad SMARTS) is 1. The number of imidazole rings is 1. The summed E-state index contributed by atoms with van der Waals surface area (Å²) in [6.45, 7) is 1.73. The maximum atomic E-state index is 11.1. The van der Waals surface area contributed by atoms with Crippen LogP contribution in [0.1, 0.15) is 15.9 Å². The molecule has 2 N–H and O–H groups in total. The molecular weight excluding hydrogens is 292 g/mol. The fraction of sp³-hybridized carbons (Fsp3) is 0.0667. The monoisotopic (exact) mass is 302 g/mol. The van der Waals surface area contributed by atoms with Crippen LogP contribution in [0.3, 0.4) is 0 Å². The van der Waals surface area contributed by atoms with E-state index in [0.29, 0.717) is 16.3 Å². The third kappa shape index (κ3) is 2.68. The number of H-pyrrole nitrogens is 1. The number of hydrogen-bond donors (Lipinski definition) is 2. The third-order valence-corrected chi connectivity index (χ3v) is 3.31. The number of halogens is 1. The predicted molar refractivity (Wildman–Crippen MR) is 79.3 cm³/mol. The van der Waals surface area contributed by atoms with E-state index in [1.807, 2.05) is 0 Å². The number of hydrogen-bond acceptors (Lipinski definition) is 3. The fourth-order valence-electron chi connectivity index (χ4n) is 2.01. The van der Waals surface area contributed by atoms with Gasteiger partial charge in [0.25, 0.3) is 6.01 Å². The summed E-state index contributed by atoms with van der Waals surface area (Å²) < 4.78 is 5.58. The normalized spacial score (nSPS) is 10.8. The van der Waals surface area contributed by atoms with E-state index in [0.717, 1.165) is 11.0 Å². The van der Waals surface area contributed by atoms with Crippen LogP contribution in [0.25, 0.3) is 11.0 Å². The number of rotatable bonds is 3. The number of carbonyl (C=O) groups is 1. The number of aromatic nitrogens is 2. The first kappa shape index (κ1) is 13.5. The van der Waals surface area contributed by atoms with Crippen molar-refractivity contribution >= 4 is 28.6 Å². The van der Waals surface area contributed by atoms with Gasteiger partial charge in [-0.05, 0) is 42.8 Å². The molecule has 3 rings (SSSR count). The van der Waals surface area contributed by atoms with Crippen LogP contribution in [0.15, 0.2) is 36.4 Å². The van der Waals surface area contributed by atoms with Crippen molar-refractivity contribution in [2.75, 3.05) is 0 Å². The average Bonchev–Trinajstić information content (AvgIpc) is 2.82. The number of ether oxygens (including phenoxy) is 1. The molecule has 5 nitrogen and oxygen atoms in total. The molecular formula is C15H11ClN2O3. The summed E-state index contributed by atoms with van der Waals surface area (Å²) in [5, 5.41) is 9.71. The minimum absolute atomic E-state index is 0.201. The molecule has 1 heterocycles. The molecule has 2 aromatic carbocycles. The second kappa shape index (κ2) is 5.10. The summed E-state index contributed by atoms with van der Waals surface area (Å²) in [6.07, 6.45) is 0. The van der Waals surface area contributed by atoms with Crippen LogP contribution in [-0.2, 0) is 0 Å². The van der Waals surface area contributed by atoms with Crippen molar-refractivity contribution < 1.29 is 14.6 Å². The van der Waals surface area contributed by atoms with Gasteiger partial charge in [-0.15, -0.1) is 0 Å². The van der Waals surface area contributed by atoms with Crippen LogP contribution in [0.5, 0.6) is 11.8 Å². The molecule has 0 aliphatic rings. The maximum absolute atomic E-state index is 11.1.